The monoisotopic (exact) mass is 490 g/mol. The van der Waals surface area contributed by atoms with Crippen molar-refractivity contribution in [3.05, 3.63) is 77.9 Å². The second-order valence-electron chi connectivity index (χ2n) is 8.39. The molecule has 0 aromatic heterocycles. The molecule has 1 aliphatic rings. The van der Waals surface area contributed by atoms with E-state index in [0.29, 0.717) is 41.5 Å². The molecule has 0 fully saturated rings. The van der Waals surface area contributed by atoms with Crippen LogP contribution >= 0.6 is 0 Å². The van der Waals surface area contributed by atoms with Crippen LogP contribution in [0.15, 0.2) is 66.7 Å². The van der Waals surface area contributed by atoms with Crippen LogP contribution in [0.25, 0.3) is 0 Å². The van der Waals surface area contributed by atoms with E-state index in [1.807, 2.05) is 31.3 Å². The summed E-state index contributed by atoms with van der Waals surface area (Å²) in [4.78, 5) is 26.8. The standard InChI is InChI=1S/C28H30N2O6/c1-4-34-27(31)16-20-15-21(11-14-25(20)33-3)29-28(32)19-9-12-22(13-10-19)35-18-23-17-30(2)24-7-5-6-8-26(24)36-23/h5-15,23H,4,16-18H2,1-3H3,(H,29,32)/t23-/m0/s1. The Hall–Kier alpha value is -4.20. The Morgan fingerprint density at radius 3 is 2.61 bits per heavy atom. The molecule has 0 spiro atoms. The summed E-state index contributed by atoms with van der Waals surface area (Å²) in [7, 11) is 3.56. The average Bonchev–Trinajstić information content (AvgIpc) is 2.88. The van der Waals surface area contributed by atoms with Crippen LogP contribution in [0.2, 0.25) is 0 Å². The molecule has 1 heterocycles. The molecule has 1 N–H and O–H groups in total. The largest absolute Gasteiger partial charge is 0.496 e. The maximum Gasteiger partial charge on any atom is 0.310 e. The molecule has 4 rings (SSSR count). The molecule has 36 heavy (non-hydrogen) atoms. The number of methoxy groups -OCH3 is 1. The van der Waals surface area contributed by atoms with Crippen molar-refractivity contribution in [1.82, 2.24) is 0 Å². The third-order valence-corrected chi connectivity index (χ3v) is 5.78. The lowest BCUT2D eigenvalue weighted by atomic mass is 10.1. The Balaban J connectivity index is 1.34. The molecule has 1 atom stereocenters. The number of carbonyl (C=O) groups is 2. The predicted octanol–water partition coefficient (Wildman–Crippen LogP) is 4.33. The molecule has 0 radical (unpaired) electrons. The first-order valence-corrected chi connectivity index (χ1v) is 11.8. The van der Waals surface area contributed by atoms with E-state index in [-0.39, 0.29) is 24.4 Å². The number of nitrogens with one attached hydrogen (secondary N) is 1. The van der Waals surface area contributed by atoms with Gasteiger partial charge in [-0.05, 0) is 61.5 Å². The second-order valence-corrected chi connectivity index (χ2v) is 8.39. The molecule has 1 aliphatic heterocycles. The Bertz CT molecular complexity index is 1210. The number of hydrogen-bond acceptors (Lipinski definition) is 7. The number of amides is 1. The van der Waals surface area contributed by atoms with E-state index in [9.17, 15) is 9.59 Å². The van der Waals surface area contributed by atoms with Crippen molar-refractivity contribution in [2.24, 2.45) is 0 Å². The van der Waals surface area contributed by atoms with Crippen LogP contribution in [-0.4, -0.2) is 51.9 Å². The van der Waals surface area contributed by atoms with Crippen LogP contribution in [0, 0.1) is 0 Å². The van der Waals surface area contributed by atoms with Gasteiger partial charge < -0.3 is 29.2 Å². The first-order valence-electron chi connectivity index (χ1n) is 11.8. The molecular formula is C28H30N2O6. The molecule has 0 saturated heterocycles. The number of fused-ring (bicyclic) bond motifs is 1. The van der Waals surface area contributed by atoms with E-state index >= 15 is 0 Å². The van der Waals surface area contributed by atoms with Crippen LogP contribution in [0.3, 0.4) is 0 Å². The third kappa shape index (κ3) is 6.07. The zero-order valence-corrected chi connectivity index (χ0v) is 20.7. The van der Waals surface area contributed by atoms with E-state index in [4.69, 9.17) is 18.9 Å². The summed E-state index contributed by atoms with van der Waals surface area (Å²) < 4.78 is 22.3. The van der Waals surface area contributed by atoms with E-state index in [0.717, 1.165) is 18.0 Å². The van der Waals surface area contributed by atoms with Gasteiger partial charge in [0.25, 0.3) is 5.91 Å². The van der Waals surface area contributed by atoms with Gasteiger partial charge in [0.1, 0.15) is 30.0 Å². The molecule has 1 amide bonds. The molecule has 0 aliphatic carbocycles. The molecule has 8 nitrogen and oxygen atoms in total. The molecular weight excluding hydrogens is 460 g/mol. The minimum Gasteiger partial charge on any atom is -0.496 e. The lowest BCUT2D eigenvalue weighted by molar-refractivity contribution is -0.142. The number of para-hydroxylation sites is 2. The highest BCUT2D eigenvalue weighted by Gasteiger charge is 2.23. The molecule has 0 saturated carbocycles. The highest BCUT2D eigenvalue weighted by Crippen LogP contribution is 2.32. The van der Waals surface area contributed by atoms with Crippen molar-refractivity contribution >= 4 is 23.3 Å². The molecule has 188 valence electrons. The topological polar surface area (TPSA) is 86.3 Å². The van der Waals surface area contributed by atoms with Crippen LogP contribution < -0.4 is 24.4 Å². The van der Waals surface area contributed by atoms with Gasteiger partial charge >= 0.3 is 5.97 Å². The van der Waals surface area contributed by atoms with Gasteiger partial charge in [0.2, 0.25) is 0 Å². The van der Waals surface area contributed by atoms with Gasteiger partial charge in [-0.25, -0.2) is 0 Å². The fourth-order valence-electron chi connectivity index (χ4n) is 4.04. The fourth-order valence-corrected chi connectivity index (χ4v) is 4.04. The van der Waals surface area contributed by atoms with Crippen molar-refractivity contribution in [1.29, 1.82) is 0 Å². The van der Waals surface area contributed by atoms with Crippen LogP contribution in [0.1, 0.15) is 22.8 Å². The van der Waals surface area contributed by atoms with Crippen LogP contribution in [0.5, 0.6) is 17.2 Å². The van der Waals surface area contributed by atoms with Crippen molar-refractivity contribution in [3.8, 4) is 17.2 Å². The number of likely N-dealkylation sites (N-methyl/N-ethyl adjacent to an activating group) is 1. The first-order chi connectivity index (χ1) is 17.5. The molecule has 0 bridgehead atoms. The number of ether oxygens (including phenoxy) is 4. The number of benzene rings is 3. The minimum absolute atomic E-state index is 0.0544. The summed E-state index contributed by atoms with van der Waals surface area (Å²) in [6, 6.07) is 20.0. The van der Waals surface area contributed by atoms with Gasteiger partial charge in [0.15, 0.2) is 0 Å². The maximum atomic E-state index is 12.8. The number of nitrogens with zero attached hydrogens (tertiary/aromatic N) is 1. The van der Waals surface area contributed by atoms with Gasteiger partial charge in [0, 0.05) is 23.9 Å². The van der Waals surface area contributed by atoms with Gasteiger partial charge in [-0.1, -0.05) is 12.1 Å². The van der Waals surface area contributed by atoms with Crippen LogP contribution in [0.4, 0.5) is 11.4 Å². The number of esters is 1. The van der Waals surface area contributed by atoms with E-state index in [2.05, 4.69) is 10.2 Å². The van der Waals surface area contributed by atoms with Gasteiger partial charge in [-0.3, -0.25) is 9.59 Å². The Morgan fingerprint density at radius 2 is 1.86 bits per heavy atom. The summed E-state index contributed by atoms with van der Waals surface area (Å²) in [5.41, 5.74) is 2.73. The van der Waals surface area contributed by atoms with E-state index in [1.54, 1.807) is 49.4 Å². The molecule has 3 aromatic rings. The third-order valence-electron chi connectivity index (χ3n) is 5.78. The van der Waals surface area contributed by atoms with Gasteiger partial charge in [0.05, 0.1) is 32.4 Å². The van der Waals surface area contributed by atoms with Crippen molar-refractivity contribution in [2.45, 2.75) is 19.4 Å². The number of rotatable bonds is 9. The quantitative estimate of drug-likeness (QED) is 0.447. The maximum absolute atomic E-state index is 12.8. The van der Waals surface area contributed by atoms with Crippen molar-refractivity contribution in [2.75, 3.05) is 44.1 Å². The van der Waals surface area contributed by atoms with Crippen molar-refractivity contribution in [3.63, 3.8) is 0 Å². The van der Waals surface area contributed by atoms with E-state index in [1.165, 1.54) is 7.11 Å². The summed E-state index contributed by atoms with van der Waals surface area (Å²) in [6.07, 6.45) is -0.0505. The van der Waals surface area contributed by atoms with Crippen LogP contribution in [-0.2, 0) is 16.0 Å². The summed E-state index contributed by atoms with van der Waals surface area (Å²) >= 11 is 0. The summed E-state index contributed by atoms with van der Waals surface area (Å²) in [6.45, 7) is 3.16. The van der Waals surface area contributed by atoms with Gasteiger partial charge in [-0.2, -0.15) is 0 Å². The zero-order valence-electron chi connectivity index (χ0n) is 20.7. The number of hydrogen-bond donors (Lipinski definition) is 1. The lowest BCUT2D eigenvalue weighted by Gasteiger charge is -2.33. The average molecular weight is 491 g/mol. The first kappa shape index (κ1) is 24.9. The van der Waals surface area contributed by atoms with Gasteiger partial charge in [-0.15, -0.1) is 0 Å². The summed E-state index contributed by atoms with van der Waals surface area (Å²) in [5, 5.41) is 2.86. The second kappa shape index (κ2) is 11.5. The SMILES string of the molecule is CCOC(=O)Cc1cc(NC(=O)c2ccc(OC[C@@H]3CN(C)c4ccccc4O3)cc2)ccc1OC. The normalized spacial score (nSPS) is 14.3. The number of anilines is 2. The van der Waals surface area contributed by atoms with Crippen molar-refractivity contribution < 1.29 is 28.5 Å². The summed E-state index contributed by atoms with van der Waals surface area (Å²) in [5.74, 6) is 1.42. The van der Waals surface area contributed by atoms with E-state index < -0.39 is 0 Å². The Kier molecular flexibility index (Phi) is 7.95. The predicted molar refractivity (Wildman–Crippen MR) is 137 cm³/mol. The molecule has 0 unspecified atom stereocenters. The Labute approximate surface area is 210 Å². The zero-order chi connectivity index (χ0) is 25.5. The molecule has 8 heteroatoms. The highest BCUT2D eigenvalue weighted by molar-refractivity contribution is 6.04. The Morgan fingerprint density at radius 1 is 1.08 bits per heavy atom. The smallest absolute Gasteiger partial charge is 0.310 e. The fraction of sp³-hybridized carbons (Fsp3) is 0.286. The minimum atomic E-state index is -0.357. The number of carbonyl (C=O) groups excluding carboxylic acids is 2. The lowest BCUT2D eigenvalue weighted by Crippen LogP contribution is -2.41. The molecule has 3 aromatic carbocycles. The highest BCUT2D eigenvalue weighted by atomic mass is 16.5.